The molecule has 0 bridgehead atoms. The van der Waals surface area contributed by atoms with Crippen molar-refractivity contribution in [2.45, 2.75) is 18.0 Å². The average Bonchev–Trinajstić information content (AvgIpc) is 2.71. The molecule has 126 valence electrons. The highest BCUT2D eigenvalue weighted by molar-refractivity contribution is 7.91. The zero-order chi connectivity index (χ0) is 17.1. The van der Waals surface area contributed by atoms with Crippen molar-refractivity contribution in [2.75, 3.05) is 25.4 Å². The predicted octanol–water partition coefficient (Wildman–Crippen LogP) is 2.60. The van der Waals surface area contributed by atoms with Crippen molar-refractivity contribution in [1.29, 1.82) is 0 Å². The van der Waals surface area contributed by atoms with E-state index in [1.807, 2.05) is 6.92 Å². The maximum Gasteiger partial charge on any atom is 0.432 e. The van der Waals surface area contributed by atoms with Crippen LogP contribution in [0, 0.1) is 6.92 Å². The van der Waals surface area contributed by atoms with Crippen LogP contribution >= 0.6 is 0 Å². The van der Waals surface area contributed by atoms with Gasteiger partial charge in [0, 0.05) is 19.3 Å². The second-order valence-electron chi connectivity index (χ2n) is 5.25. The molecule has 1 aliphatic heterocycles. The number of aliphatic imine (C=N–C) groups is 1. The Morgan fingerprint density at radius 1 is 1.22 bits per heavy atom. The van der Waals surface area contributed by atoms with E-state index in [4.69, 9.17) is 0 Å². The second kappa shape index (κ2) is 6.74. The van der Waals surface area contributed by atoms with Crippen LogP contribution in [0.1, 0.15) is 5.56 Å². The number of hydrogen-bond donors (Lipinski definition) is 0. The van der Waals surface area contributed by atoms with E-state index in [1.54, 1.807) is 12.1 Å². The summed E-state index contributed by atoms with van der Waals surface area (Å²) < 4.78 is 62.2. The zero-order valence-electron chi connectivity index (χ0n) is 12.5. The normalized spacial score (nSPS) is 16.2. The summed E-state index contributed by atoms with van der Waals surface area (Å²) >= 11 is 0. The first-order valence-corrected chi connectivity index (χ1v) is 8.67. The van der Waals surface area contributed by atoms with Gasteiger partial charge < -0.3 is 4.90 Å². The van der Waals surface area contributed by atoms with Crippen molar-refractivity contribution in [3.05, 3.63) is 42.1 Å². The molecule has 1 aromatic rings. The quantitative estimate of drug-likeness (QED) is 0.842. The fourth-order valence-electron chi connectivity index (χ4n) is 2.07. The number of halogens is 3. The van der Waals surface area contributed by atoms with Gasteiger partial charge in [-0.15, -0.1) is 0 Å². The van der Waals surface area contributed by atoms with Crippen LogP contribution < -0.4 is 0 Å². The predicted molar refractivity (Wildman–Crippen MR) is 82.3 cm³/mol. The third-order valence-corrected chi connectivity index (χ3v) is 5.14. The molecule has 1 heterocycles. The summed E-state index contributed by atoms with van der Waals surface area (Å²) in [5, 5.41) is 0. The number of nitrogens with zero attached hydrogens (tertiary/aromatic N) is 2. The highest BCUT2D eigenvalue weighted by atomic mass is 32.2. The fraction of sp³-hybridized carbons (Fsp3) is 0.400. The van der Waals surface area contributed by atoms with Crippen LogP contribution in [-0.4, -0.2) is 50.6 Å². The highest BCUT2D eigenvalue weighted by Gasteiger charge is 2.34. The lowest BCUT2D eigenvalue weighted by Crippen LogP contribution is -2.26. The lowest BCUT2D eigenvalue weighted by Gasteiger charge is -2.18. The van der Waals surface area contributed by atoms with Gasteiger partial charge in [0.25, 0.3) is 0 Å². The van der Waals surface area contributed by atoms with Gasteiger partial charge >= 0.3 is 6.18 Å². The first-order valence-electron chi connectivity index (χ1n) is 7.02. The highest BCUT2D eigenvalue weighted by Crippen LogP contribution is 2.19. The van der Waals surface area contributed by atoms with E-state index in [0.29, 0.717) is 0 Å². The molecule has 0 amide bonds. The van der Waals surface area contributed by atoms with E-state index < -0.39 is 21.7 Å². The smallest absolute Gasteiger partial charge is 0.374 e. The van der Waals surface area contributed by atoms with Crippen molar-refractivity contribution in [2.24, 2.45) is 4.99 Å². The van der Waals surface area contributed by atoms with Crippen LogP contribution in [0.25, 0.3) is 0 Å². The molecule has 0 radical (unpaired) electrons. The van der Waals surface area contributed by atoms with Gasteiger partial charge in [0.2, 0.25) is 0 Å². The Kier molecular flexibility index (Phi) is 5.13. The minimum absolute atomic E-state index is 0.0214. The van der Waals surface area contributed by atoms with Crippen molar-refractivity contribution >= 4 is 15.5 Å². The van der Waals surface area contributed by atoms with Crippen molar-refractivity contribution < 1.29 is 21.6 Å². The van der Waals surface area contributed by atoms with E-state index in [1.165, 1.54) is 23.2 Å². The Morgan fingerprint density at radius 2 is 1.87 bits per heavy atom. The second-order valence-corrected chi connectivity index (χ2v) is 7.36. The third-order valence-electron chi connectivity index (χ3n) is 3.43. The van der Waals surface area contributed by atoms with Crippen molar-refractivity contribution in [3.63, 3.8) is 0 Å². The first kappa shape index (κ1) is 17.5. The Morgan fingerprint density at radius 3 is 2.48 bits per heavy atom. The Balaban J connectivity index is 2.00. The molecule has 8 heteroatoms. The number of rotatable bonds is 4. The monoisotopic (exact) mass is 346 g/mol. The van der Waals surface area contributed by atoms with Crippen LogP contribution in [0.2, 0.25) is 0 Å². The molecule has 0 N–H and O–H groups in total. The molecular weight excluding hydrogens is 329 g/mol. The minimum atomic E-state index is -4.49. The lowest BCUT2D eigenvalue weighted by molar-refractivity contribution is -0.0578. The Labute approximate surface area is 133 Å². The van der Waals surface area contributed by atoms with Gasteiger partial charge in [-0.2, -0.15) is 13.2 Å². The summed E-state index contributed by atoms with van der Waals surface area (Å²) in [6.45, 7) is 2.20. The summed E-state index contributed by atoms with van der Waals surface area (Å²) in [6, 6.07) is 6.49. The molecular formula is C15H17F3N2O2S. The van der Waals surface area contributed by atoms with Gasteiger partial charge in [-0.25, -0.2) is 8.42 Å². The summed E-state index contributed by atoms with van der Waals surface area (Å²) in [5.74, 6) is -0.165. The van der Waals surface area contributed by atoms with E-state index in [9.17, 15) is 21.6 Å². The molecule has 23 heavy (non-hydrogen) atoms. The summed E-state index contributed by atoms with van der Waals surface area (Å²) in [7, 11) is -3.47. The number of hydrogen-bond acceptors (Lipinski definition) is 4. The molecule has 2 rings (SSSR count). The molecule has 4 nitrogen and oxygen atoms in total. The van der Waals surface area contributed by atoms with Crippen LogP contribution in [-0.2, 0) is 9.84 Å². The van der Waals surface area contributed by atoms with E-state index in [2.05, 4.69) is 4.99 Å². The number of aryl methyl sites for hydroxylation is 1. The molecule has 0 aliphatic carbocycles. The van der Waals surface area contributed by atoms with Crippen LogP contribution in [0.3, 0.4) is 0 Å². The molecule has 0 fully saturated rings. The van der Waals surface area contributed by atoms with Gasteiger partial charge in [0.15, 0.2) is 9.84 Å². The topological polar surface area (TPSA) is 49.7 Å². The summed E-state index contributed by atoms with van der Waals surface area (Å²) in [6.07, 6.45) is -2.35. The molecule has 0 saturated carbocycles. The Bertz CT molecular complexity index is 707. The van der Waals surface area contributed by atoms with Gasteiger partial charge in [-0.05, 0) is 25.1 Å². The van der Waals surface area contributed by atoms with E-state index in [0.717, 1.165) is 11.6 Å². The maximum absolute atomic E-state index is 12.6. The number of alkyl halides is 3. The zero-order valence-corrected chi connectivity index (χ0v) is 13.4. The van der Waals surface area contributed by atoms with Crippen LogP contribution in [0.15, 0.2) is 46.4 Å². The molecule has 1 aliphatic rings. The van der Waals surface area contributed by atoms with Crippen molar-refractivity contribution in [1.82, 2.24) is 4.90 Å². The summed E-state index contributed by atoms with van der Waals surface area (Å²) in [5.41, 5.74) is 0.0117. The average molecular weight is 346 g/mol. The third kappa shape index (κ3) is 4.82. The standard InChI is InChI=1S/C15H17F3N2O2S/c1-12-2-4-13(5-3-12)23(21,22)11-10-20-8-6-14(15(16,17)18)19-7-9-20/h2-6,8H,7,9-11H2,1H3. The number of benzene rings is 1. The van der Waals surface area contributed by atoms with E-state index in [-0.39, 0.29) is 30.3 Å². The first-order chi connectivity index (χ1) is 10.7. The SMILES string of the molecule is Cc1ccc(S(=O)(=O)CCN2C=CC(C(F)(F)F)=NCC2)cc1. The maximum atomic E-state index is 12.6. The molecule has 1 aromatic carbocycles. The van der Waals surface area contributed by atoms with Gasteiger partial charge in [0.1, 0.15) is 5.71 Å². The van der Waals surface area contributed by atoms with Crippen LogP contribution in [0.5, 0.6) is 0 Å². The largest absolute Gasteiger partial charge is 0.432 e. The van der Waals surface area contributed by atoms with Gasteiger partial charge in [-0.3, -0.25) is 4.99 Å². The molecule has 0 atom stereocenters. The summed E-state index contributed by atoms with van der Waals surface area (Å²) in [4.78, 5) is 5.22. The fourth-order valence-corrected chi connectivity index (χ4v) is 3.33. The Hall–Kier alpha value is -1.83. The van der Waals surface area contributed by atoms with E-state index >= 15 is 0 Å². The van der Waals surface area contributed by atoms with Gasteiger partial charge in [-0.1, -0.05) is 17.7 Å². The molecule has 0 spiro atoms. The number of sulfone groups is 1. The van der Waals surface area contributed by atoms with Crippen LogP contribution in [0.4, 0.5) is 13.2 Å². The lowest BCUT2D eigenvalue weighted by atomic mass is 10.2. The molecule has 0 saturated heterocycles. The van der Waals surface area contributed by atoms with Crippen molar-refractivity contribution in [3.8, 4) is 0 Å². The van der Waals surface area contributed by atoms with Gasteiger partial charge in [0.05, 0.1) is 17.2 Å². The molecule has 0 aromatic heterocycles. The number of allylic oxidation sites excluding steroid dienone is 1. The molecule has 0 unspecified atom stereocenters. The minimum Gasteiger partial charge on any atom is -0.374 e.